The number of hydrogen-bond donors (Lipinski definition) is 1. The molecule has 0 fully saturated rings. The molecule has 0 radical (unpaired) electrons. The van der Waals surface area contributed by atoms with Crippen LogP contribution in [0.4, 0.5) is 0 Å². The van der Waals surface area contributed by atoms with Crippen LogP contribution >= 0.6 is 0 Å². The van der Waals surface area contributed by atoms with Crippen LogP contribution in [0.2, 0.25) is 0 Å². The zero-order valence-corrected chi connectivity index (χ0v) is 12.7. The van der Waals surface area contributed by atoms with E-state index in [0.717, 1.165) is 23.0 Å². The number of hydrogen-bond acceptors (Lipinski definition) is 2. The van der Waals surface area contributed by atoms with Gasteiger partial charge in [-0.1, -0.05) is 47.6 Å². The molecule has 0 spiro atoms. The molecular weight excluding hydrogens is 236 g/mol. The fourth-order valence-electron chi connectivity index (χ4n) is 2.05. The van der Waals surface area contributed by atoms with Crippen LogP contribution in [0.1, 0.15) is 59.7 Å². The van der Waals surface area contributed by atoms with Crippen molar-refractivity contribution in [3.63, 3.8) is 0 Å². The molecule has 1 aromatic rings. The molecule has 0 aliphatic rings. The summed E-state index contributed by atoms with van der Waals surface area (Å²) in [6, 6.07) is 3.90. The Morgan fingerprint density at radius 3 is 1.74 bits per heavy atom. The summed E-state index contributed by atoms with van der Waals surface area (Å²) in [7, 11) is 0. The highest BCUT2D eigenvalue weighted by atomic mass is 16.3. The van der Waals surface area contributed by atoms with Crippen molar-refractivity contribution in [1.29, 1.82) is 0 Å². The van der Waals surface area contributed by atoms with Gasteiger partial charge in [0.2, 0.25) is 0 Å². The summed E-state index contributed by atoms with van der Waals surface area (Å²) in [4.78, 5) is 10.5. The van der Waals surface area contributed by atoms with Gasteiger partial charge in [-0.15, -0.1) is 0 Å². The average molecular weight is 261 g/mol. The molecule has 2 nitrogen and oxygen atoms in total. The van der Waals surface area contributed by atoms with E-state index in [0.29, 0.717) is 5.75 Å². The van der Waals surface area contributed by atoms with Crippen LogP contribution in [-0.2, 0) is 15.6 Å². The first-order chi connectivity index (χ1) is 8.57. The Labute approximate surface area is 117 Å². The lowest BCUT2D eigenvalue weighted by Crippen LogP contribution is -2.17. The van der Waals surface area contributed by atoms with Crippen molar-refractivity contribution in [2.75, 3.05) is 0 Å². The fraction of sp³-hybridized carbons (Fsp3) is 0.471. The number of allylic oxidation sites excluding steroid dienone is 1. The second-order valence-electron chi connectivity index (χ2n) is 6.96. The van der Waals surface area contributed by atoms with Gasteiger partial charge in [0.25, 0.3) is 0 Å². The van der Waals surface area contributed by atoms with Crippen molar-refractivity contribution >= 4 is 12.4 Å². The van der Waals surface area contributed by atoms with Crippen LogP contribution in [0, 0.1) is 0 Å². The third-order valence-electron chi connectivity index (χ3n) is 3.12. The van der Waals surface area contributed by atoms with Gasteiger partial charge in [-0.2, -0.15) is 0 Å². The smallest absolute Gasteiger partial charge is 0.507 e. The van der Waals surface area contributed by atoms with Crippen molar-refractivity contribution in [3.05, 3.63) is 34.9 Å². The zero-order chi connectivity index (χ0) is 14.8. The molecule has 1 aromatic carbocycles. The van der Waals surface area contributed by atoms with Crippen molar-refractivity contribution in [1.82, 2.24) is 0 Å². The first-order valence-corrected chi connectivity index (χ1v) is 6.57. The third kappa shape index (κ3) is 3.69. The average Bonchev–Trinajstić information content (AvgIpc) is 2.24. The summed E-state index contributed by atoms with van der Waals surface area (Å²) in [5.74, 6) is 0.364. The number of phenols is 1. The molecule has 1 rings (SSSR count). The molecule has 0 heterocycles. The Morgan fingerprint density at radius 1 is 1.00 bits per heavy atom. The van der Waals surface area contributed by atoms with E-state index in [1.54, 1.807) is 6.08 Å². The lowest BCUT2D eigenvalue weighted by atomic mass is 9.78. The minimum atomic E-state index is -0.144. The van der Waals surface area contributed by atoms with E-state index < -0.39 is 0 Å². The highest BCUT2D eigenvalue weighted by Crippen LogP contribution is 2.39. The third-order valence-corrected chi connectivity index (χ3v) is 3.12. The largest absolute Gasteiger partial charge is 1.00 e. The molecule has 0 atom stereocenters. The highest BCUT2D eigenvalue weighted by Gasteiger charge is 2.25. The minimum absolute atomic E-state index is 0. The van der Waals surface area contributed by atoms with E-state index >= 15 is 0 Å². The molecule has 0 aliphatic carbocycles. The van der Waals surface area contributed by atoms with Gasteiger partial charge < -0.3 is 5.11 Å². The Bertz CT molecular complexity index is 468. The van der Waals surface area contributed by atoms with Gasteiger partial charge in [-0.25, -0.2) is 0 Å². The van der Waals surface area contributed by atoms with Gasteiger partial charge in [-0.05, 0) is 34.6 Å². The number of carbonyl (C=O) groups is 1. The molecular formula is C17H25O2+. The van der Waals surface area contributed by atoms with Gasteiger partial charge in [0.1, 0.15) is 12.0 Å². The van der Waals surface area contributed by atoms with Crippen LogP contribution in [0.5, 0.6) is 5.75 Å². The molecule has 104 valence electrons. The Hall–Kier alpha value is -1.57. The molecule has 2 heteroatoms. The second kappa shape index (κ2) is 5.20. The van der Waals surface area contributed by atoms with Crippen LogP contribution < -0.4 is 0 Å². The van der Waals surface area contributed by atoms with E-state index in [2.05, 4.69) is 41.5 Å². The maximum absolute atomic E-state index is 10.5. The summed E-state index contributed by atoms with van der Waals surface area (Å²) < 4.78 is 0. The van der Waals surface area contributed by atoms with Crippen LogP contribution in [-0.4, -0.2) is 11.4 Å². The maximum atomic E-state index is 10.5. The minimum Gasteiger partial charge on any atom is -0.507 e. The predicted octanol–water partition coefficient (Wildman–Crippen LogP) is 4.31. The summed E-state index contributed by atoms with van der Waals surface area (Å²) in [5.41, 5.74) is 2.47. The van der Waals surface area contributed by atoms with Crippen LogP contribution in [0.3, 0.4) is 0 Å². The molecule has 0 saturated carbocycles. The summed E-state index contributed by atoms with van der Waals surface area (Å²) in [6.45, 7) is 12.4. The molecule has 1 N–H and O–H groups in total. The van der Waals surface area contributed by atoms with Gasteiger partial charge in [0, 0.05) is 11.1 Å². The Balaban J connectivity index is 0.00000361. The van der Waals surface area contributed by atoms with E-state index in [1.165, 1.54) is 6.08 Å². The predicted molar refractivity (Wildman–Crippen MR) is 81.7 cm³/mol. The lowest BCUT2D eigenvalue weighted by molar-refractivity contribution is -0.104. The summed E-state index contributed by atoms with van der Waals surface area (Å²) >= 11 is 0. The maximum Gasteiger partial charge on any atom is 1.00 e. The van der Waals surface area contributed by atoms with Crippen molar-refractivity contribution in [3.8, 4) is 5.75 Å². The Kier molecular flexibility index (Phi) is 4.24. The molecule has 0 aromatic heterocycles. The number of aldehydes is 1. The number of carbonyl (C=O) groups excluding carboxylic acids is 1. The molecule has 0 saturated heterocycles. The van der Waals surface area contributed by atoms with E-state index in [-0.39, 0.29) is 12.3 Å². The number of aromatic hydroxyl groups is 1. The second-order valence-corrected chi connectivity index (χ2v) is 6.96. The van der Waals surface area contributed by atoms with Gasteiger partial charge in [0.05, 0.1) is 0 Å². The number of phenolic OH excluding ortho intramolecular Hbond substituents is 1. The van der Waals surface area contributed by atoms with Crippen LogP contribution in [0.25, 0.3) is 6.08 Å². The molecule has 0 bridgehead atoms. The molecule has 19 heavy (non-hydrogen) atoms. The molecule has 0 unspecified atom stereocenters. The van der Waals surface area contributed by atoms with Crippen molar-refractivity contribution < 1.29 is 11.3 Å². The van der Waals surface area contributed by atoms with Crippen LogP contribution in [0.15, 0.2) is 18.2 Å². The van der Waals surface area contributed by atoms with Gasteiger partial charge in [-0.3, -0.25) is 4.79 Å². The lowest BCUT2D eigenvalue weighted by Gasteiger charge is -2.27. The van der Waals surface area contributed by atoms with Crippen molar-refractivity contribution in [2.24, 2.45) is 0 Å². The summed E-state index contributed by atoms with van der Waals surface area (Å²) in [6.07, 6.45) is 4.02. The Morgan fingerprint density at radius 2 is 1.42 bits per heavy atom. The quantitative estimate of drug-likeness (QED) is 0.636. The van der Waals surface area contributed by atoms with E-state index in [1.807, 2.05) is 12.1 Å². The van der Waals surface area contributed by atoms with Gasteiger partial charge >= 0.3 is 1.43 Å². The number of rotatable bonds is 2. The fourth-order valence-corrected chi connectivity index (χ4v) is 2.05. The first kappa shape index (κ1) is 15.5. The SMILES string of the molecule is CC(C)(C)c1cc(/C=C/C=O)cc(C(C)(C)C)c1O.[H+]. The molecule has 0 amide bonds. The topological polar surface area (TPSA) is 37.3 Å². The van der Waals surface area contributed by atoms with Crippen molar-refractivity contribution in [2.45, 2.75) is 52.4 Å². The summed E-state index contributed by atoms with van der Waals surface area (Å²) in [5, 5.41) is 10.5. The highest BCUT2D eigenvalue weighted by molar-refractivity contribution is 5.74. The van der Waals surface area contributed by atoms with E-state index in [4.69, 9.17) is 0 Å². The zero-order valence-electron chi connectivity index (χ0n) is 13.7. The number of benzene rings is 1. The van der Waals surface area contributed by atoms with E-state index in [9.17, 15) is 9.90 Å². The molecule has 0 aliphatic heterocycles. The van der Waals surface area contributed by atoms with Gasteiger partial charge in [0.15, 0.2) is 0 Å². The first-order valence-electron chi connectivity index (χ1n) is 6.57. The normalized spacial score (nSPS) is 12.9. The monoisotopic (exact) mass is 261 g/mol. The standard InChI is InChI=1S/C17H24O2/c1-16(2,3)13-10-12(8-7-9-18)11-14(15(13)19)17(4,5)6/h7-11,19H,1-6H3/p+1/b8-7+.